The second kappa shape index (κ2) is 11.0. The van der Waals surface area contributed by atoms with Crippen LogP contribution in [0.15, 0.2) is 89.9 Å². The number of hydrogen-bond acceptors (Lipinski definition) is 2. The first kappa shape index (κ1) is 21.3. The molecule has 0 saturated heterocycles. The van der Waals surface area contributed by atoms with Gasteiger partial charge in [0.1, 0.15) is 0 Å². The summed E-state index contributed by atoms with van der Waals surface area (Å²) in [6, 6.07) is 28.3. The molecule has 4 nitrogen and oxygen atoms in total. The van der Waals surface area contributed by atoms with Crippen LogP contribution in [-0.4, -0.2) is 30.0 Å². The van der Waals surface area contributed by atoms with Crippen molar-refractivity contribution in [3.63, 3.8) is 0 Å². The number of ether oxygens (including phenoxy) is 1. The van der Waals surface area contributed by atoms with Gasteiger partial charge in [-0.2, -0.15) is 4.99 Å². The lowest BCUT2D eigenvalue weighted by Crippen LogP contribution is -2.35. The van der Waals surface area contributed by atoms with Crippen molar-refractivity contribution in [3.05, 3.63) is 107 Å². The van der Waals surface area contributed by atoms with Gasteiger partial charge in [0.15, 0.2) is 0 Å². The molecular formula is C26H28N2O2. The summed E-state index contributed by atoms with van der Waals surface area (Å²) in [5.41, 5.74) is 3.96. The summed E-state index contributed by atoms with van der Waals surface area (Å²) in [4.78, 5) is 19.2. The van der Waals surface area contributed by atoms with Crippen LogP contribution in [0.25, 0.3) is 0 Å². The smallest absolute Gasteiger partial charge is 0.295 e. The van der Waals surface area contributed by atoms with E-state index in [1.54, 1.807) is 6.07 Å². The molecule has 30 heavy (non-hydrogen) atoms. The molecule has 0 aromatic heterocycles. The number of amides is 1. The lowest BCUT2D eigenvalue weighted by molar-refractivity contribution is 0.0993. The number of nitrogens with zero attached hydrogens (tertiary/aromatic N) is 2. The van der Waals surface area contributed by atoms with Crippen molar-refractivity contribution in [1.82, 2.24) is 4.90 Å². The summed E-state index contributed by atoms with van der Waals surface area (Å²) in [5.74, 6) is -0.292. The van der Waals surface area contributed by atoms with Gasteiger partial charge in [0.2, 0.25) is 0 Å². The van der Waals surface area contributed by atoms with Crippen LogP contribution in [0.1, 0.15) is 34.0 Å². The zero-order valence-electron chi connectivity index (χ0n) is 17.6. The second-order valence-electron chi connectivity index (χ2n) is 7.14. The number of carbonyl (C=O) groups is 1. The summed E-state index contributed by atoms with van der Waals surface area (Å²) in [5, 5.41) is 0. The molecule has 4 heteroatoms. The Balaban J connectivity index is 1.86. The maximum atomic E-state index is 12.8. The van der Waals surface area contributed by atoms with Crippen LogP contribution in [0.4, 0.5) is 0 Å². The summed E-state index contributed by atoms with van der Waals surface area (Å²) in [7, 11) is 0. The highest BCUT2D eigenvalue weighted by Crippen LogP contribution is 2.11. The Hall–Kier alpha value is -3.40. The zero-order valence-corrected chi connectivity index (χ0v) is 17.6. The van der Waals surface area contributed by atoms with Crippen LogP contribution in [0, 0.1) is 6.92 Å². The third-order valence-corrected chi connectivity index (χ3v) is 4.74. The molecule has 3 aromatic rings. The maximum absolute atomic E-state index is 12.8. The first-order valence-corrected chi connectivity index (χ1v) is 10.3. The van der Waals surface area contributed by atoms with Gasteiger partial charge < -0.3 is 9.64 Å². The predicted molar refractivity (Wildman–Crippen MR) is 122 cm³/mol. The summed E-state index contributed by atoms with van der Waals surface area (Å²) in [6.45, 7) is 5.62. The fourth-order valence-electron chi connectivity index (χ4n) is 3.21. The number of hydrogen-bond donors (Lipinski definition) is 0. The van der Waals surface area contributed by atoms with Gasteiger partial charge in [-0.25, -0.2) is 0 Å². The van der Waals surface area contributed by atoms with Crippen LogP contribution in [-0.2, 0) is 17.7 Å². The number of rotatable bonds is 7. The maximum Gasteiger partial charge on any atom is 0.295 e. The van der Waals surface area contributed by atoms with Gasteiger partial charge >= 0.3 is 0 Å². The first-order valence-electron chi connectivity index (χ1n) is 10.3. The first-order chi connectivity index (χ1) is 14.7. The lowest BCUT2D eigenvalue weighted by atomic mass is 10.1. The summed E-state index contributed by atoms with van der Waals surface area (Å²) < 4.78 is 5.84. The van der Waals surface area contributed by atoms with E-state index >= 15 is 0 Å². The van der Waals surface area contributed by atoms with E-state index in [0.29, 0.717) is 31.3 Å². The van der Waals surface area contributed by atoms with Gasteiger partial charge in [-0.3, -0.25) is 4.79 Å². The largest absolute Gasteiger partial charge is 0.465 e. The monoisotopic (exact) mass is 400 g/mol. The molecule has 0 N–H and O–H groups in total. The molecule has 0 saturated carbocycles. The van der Waals surface area contributed by atoms with Crippen LogP contribution in [0.5, 0.6) is 0 Å². The molecule has 0 aliphatic heterocycles. The molecule has 0 aliphatic carbocycles. The minimum absolute atomic E-state index is 0.292. The fourth-order valence-corrected chi connectivity index (χ4v) is 3.21. The number of aliphatic imine (C=N–C) groups is 1. The number of aryl methyl sites for hydroxylation is 1. The molecule has 154 valence electrons. The van der Waals surface area contributed by atoms with E-state index in [-0.39, 0.29) is 5.91 Å². The van der Waals surface area contributed by atoms with Crippen molar-refractivity contribution in [2.45, 2.75) is 26.8 Å². The van der Waals surface area contributed by atoms with Crippen molar-refractivity contribution < 1.29 is 9.53 Å². The molecule has 0 spiro atoms. The number of carbonyl (C=O) groups excluding carboxylic acids is 1. The quantitative estimate of drug-likeness (QED) is 0.401. The van der Waals surface area contributed by atoms with Crippen LogP contribution in [0.2, 0.25) is 0 Å². The average Bonchev–Trinajstić information content (AvgIpc) is 2.77. The molecule has 0 atom stereocenters. The Labute approximate surface area is 178 Å². The summed E-state index contributed by atoms with van der Waals surface area (Å²) in [6.07, 6.45) is 0.832. The molecule has 0 fully saturated rings. The van der Waals surface area contributed by atoms with Gasteiger partial charge in [-0.05, 0) is 43.5 Å². The SMILES string of the molecule is CCOC(=NC(=O)c1cccc(C)c1)N(CCc1ccccc1)Cc1ccccc1. The van der Waals surface area contributed by atoms with E-state index in [9.17, 15) is 4.79 Å². The van der Waals surface area contributed by atoms with Crippen molar-refractivity contribution in [2.24, 2.45) is 4.99 Å². The highest BCUT2D eigenvalue weighted by Gasteiger charge is 2.16. The third-order valence-electron chi connectivity index (χ3n) is 4.74. The van der Waals surface area contributed by atoms with Crippen molar-refractivity contribution in [3.8, 4) is 0 Å². The standard InChI is InChI=1S/C26H28N2O2/c1-3-30-26(27-25(29)24-16-10-11-21(2)19-24)28(20-23-14-8-5-9-15-23)18-17-22-12-6-4-7-13-22/h4-16,19H,3,17-18,20H2,1-2H3. The molecule has 0 heterocycles. The minimum atomic E-state index is -0.292. The van der Waals surface area contributed by atoms with E-state index in [1.807, 2.05) is 73.3 Å². The van der Waals surface area contributed by atoms with E-state index in [2.05, 4.69) is 29.3 Å². The third kappa shape index (κ3) is 6.31. The van der Waals surface area contributed by atoms with Crippen molar-refractivity contribution >= 4 is 11.9 Å². The average molecular weight is 401 g/mol. The topological polar surface area (TPSA) is 41.9 Å². The van der Waals surface area contributed by atoms with Gasteiger partial charge in [-0.15, -0.1) is 0 Å². The highest BCUT2D eigenvalue weighted by molar-refractivity contribution is 6.01. The normalized spacial score (nSPS) is 11.2. The molecular weight excluding hydrogens is 372 g/mol. The Bertz CT molecular complexity index is 969. The van der Waals surface area contributed by atoms with Crippen LogP contribution >= 0.6 is 0 Å². The number of benzene rings is 3. The molecule has 1 amide bonds. The van der Waals surface area contributed by atoms with E-state index in [0.717, 1.165) is 17.5 Å². The Morgan fingerprint density at radius 1 is 0.900 bits per heavy atom. The minimum Gasteiger partial charge on any atom is -0.465 e. The van der Waals surface area contributed by atoms with Crippen LogP contribution in [0.3, 0.4) is 0 Å². The summed E-state index contributed by atoms with van der Waals surface area (Å²) >= 11 is 0. The molecule has 0 aliphatic rings. The Morgan fingerprint density at radius 3 is 2.20 bits per heavy atom. The highest BCUT2D eigenvalue weighted by atomic mass is 16.5. The molecule has 0 bridgehead atoms. The Kier molecular flexibility index (Phi) is 7.78. The lowest BCUT2D eigenvalue weighted by Gasteiger charge is -2.25. The molecule has 0 unspecified atom stereocenters. The van der Waals surface area contributed by atoms with Crippen LogP contribution < -0.4 is 0 Å². The predicted octanol–water partition coefficient (Wildman–Crippen LogP) is 5.27. The molecule has 0 radical (unpaired) electrons. The second-order valence-corrected chi connectivity index (χ2v) is 7.14. The van der Waals surface area contributed by atoms with Gasteiger partial charge in [0.05, 0.1) is 6.61 Å². The van der Waals surface area contributed by atoms with Gasteiger partial charge in [0, 0.05) is 18.7 Å². The number of amidine groups is 1. The van der Waals surface area contributed by atoms with Crippen molar-refractivity contribution in [1.29, 1.82) is 0 Å². The molecule has 3 rings (SSSR count). The van der Waals surface area contributed by atoms with E-state index in [4.69, 9.17) is 4.74 Å². The molecule has 3 aromatic carbocycles. The Morgan fingerprint density at radius 2 is 1.57 bits per heavy atom. The zero-order chi connectivity index (χ0) is 21.2. The van der Waals surface area contributed by atoms with Gasteiger partial charge in [-0.1, -0.05) is 78.4 Å². The van der Waals surface area contributed by atoms with Gasteiger partial charge in [0.25, 0.3) is 11.9 Å². The van der Waals surface area contributed by atoms with Crippen molar-refractivity contribution in [2.75, 3.05) is 13.2 Å². The fraction of sp³-hybridized carbons (Fsp3) is 0.231. The van der Waals surface area contributed by atoms with E-state index in [1.165, 1.54) is 5.56 Å². The van der Waals surface area contributed by atoms with E-state index < -0.39 is 0 Å².